The molecule has 0 unspecified atom stereocenters. The molecule has 0 N–H and O–H groups in total. The molecule has 1 rings (SSSR count). The molecular weight excluding hydrogens is 145 g/mol. The lowest BCUT2D eigenvalue weighted by Gasteiger charge is -1.82. The number of rotatable bonds is 0. The van der Waals surface area contributed by atoms with Crippen molar-refractivity contribution in [3.63, 3.8) is 0 Å². The molecule has 0 aromatic carbocycles. The van der Waals surface area contributed by atoms with E-state index in [0.29, 0.717) is 0 Å². The third-order valence-electron chi connectivity index (χ3n) is 0.883. The van der Waals surface area contributed by atoms with E-state index in [1.165, 1.54) is 0 Å². The van der Waals surface area contributed by atoms with Gasteiger partial charge in [0, 0.05) is 0 Å². The molecule has 4 heteroatoms. The molecule has 1 fully saturated rings. The molecule has 1 saturated carbocycles. The second-order valence-corrected chi connectivity index (χ2v) is 2.92. The Hall–Kier alpha value is 0.440. The highest BCUT2D eigenvalue weighted by molar-refractivity contribution is 6.52. The molecule has 0 aromatic rings. The van der Waals surface area contributed by atoms with Crippen LogP contribution in [0, 0.1) is 0 Å². The third-order valence-corrected chi connectivity index (χ3v) is 1.72. The van der Waals surface area contributed by atoms with Crippen molar-refractivity contribution in [2.24, 2.45) is 0 Å². The van der Waals surface area contributed by atoms with Gasteiger partial charge in [0.15, 0.2) is 16.7 Å². The molecule has 0 aromatic heterocycles. The Kier molecular flexibility index (Phi) is 0.981. The highest BCUT2D eigenvalue weighted by Gasteiger charge is 2.66. The Morgan fingerprint density at radius 1 is 1.14 bits per heavy atom. The normalized spacial score (nSPS) is 46.3. The van der Waals surface area contributed by atoms with E-state index in [9.17, 15) is 8.78 Å². The molecule has 0 heterocycles. The second-order valence-electron chi connectivity index (χ2n) is 1.48. The van der Waals surface area contributed by atoms with Crippen LogP contribution in [0.2, 0.25) is 0 Å². The van der Waals surface area contributed by atoms with Crippen molar-refractivity contribution in [2.75, 3.05) is 0 Å². The standard InChI is InChI=1S/C3H2Cl2F2/c4-3(5)1(6)2(3)7/h1-2H/t1-,2-/m1/s1. The first kappa shape index (κ1) is 5.57. The van der Waals surface area contributed by atoms with E-state index in [-0.39, 0.29) is 0 Å². The zero-order valence-electron chi connectivity index (χ0n) is 3.17. The van der Waals surface area contributed by atoms with E-state index in [2.05, 4.69) is 0 Å². The Bertz CT molecular complexity index is 82.9. The lowest BCUT2D eigenvalue weighted by molar-refractivity contribution is 0.372. The summed E-state index contributed by atoms with van der Waals surface area (Å²) in [6.07, 6.45) is -3.34. The summed E-state index contributed by atoms with van der Waals surface area (Å²) in [7, 11) is 0. The summed E-state index contributed by atoms with van der Waals surface area (Å²) in [5.74, 6) is 0. The van der Waals surface area contributed by atoms with Gasteiger partial charge in [0.05, 0.1) is 0 Å². The van der Waals surface area contributed by atoms with Crippen molar-refractivity contribution in [1.29, 1.82) is 0 Å². The topological polar surface area (TPSA) is 0 Å². The number of hydrogen-bond acceptors (Lipinski definition) is 0. The molecule has 0 bridgehead atoms. The van der Waals surface area contributed by atoms with Crippen LogP contribution in [0.1, 0.15) is 0 Å². The summed E-state index contributed by atoms with van der Waals surface area (Å²) in [5, 5.41) is 0. The van der Waals surface area contributed by atoms with Crippen LogP contribution >= 0.6 is 23.2 Å². The van der Waals surface area contributed by atoms with E-state index in [1.54, 1.807) is 0 Å². The van der Waals surface area contributed by atoms with Gasteiger partial charge in [-0.1, -0.05) is 23.2 Å². The van der Waals surface area contributed by atoms with E-state index in [0.717, 1.165) is 0 Å². The highest BCUT2D eigenvalue weighted by Crippen LogP contribution is 2.51. The minimum atomic E-state index is -1.72. The number of halogens is 4. The molecule has 0 spiro atoms. The maximum atomic E-state index is 11.6. The van der Waals surface area contributed by atoms with Gasteiger partial charge in [-0.15, -0.1) is 0 Å². The van der Waals surface area contributed by atoms with E-state index < -0.39 is 16.7 Å². The molecule has 7 heavy (non-hydrogen) atoms. The molecule has 42 valence electrons. The van der Waals surface area contributed by atoms with Crippen LogP contribution in [-0.2, 0) is 0 Å². The fraction of sp³-hybridized carbons (Fsp3) is 1.00. The monoisotopic (exact) mass is 146 g/mol. The first-order valence-corrected chi connectivity index (χ1v) is 2.48. The van der Waals surface area contributed by atoms with Crippen LogP contribution in [0.3, 0.4) is 0 Å². The molecule has 0 nitrogen and oxygen atoms in total. The van der Waals surface area contributed by atoms with Crippen LogP contribution in [-0.4, -0.2) is 16.7 Å². The lowest BCUT2D eigenvalue weighted by atomic mass is 10.9. The zero-order valence-corrected chi connectivity index (χ0v) is 4.68. The molecule has 0 amide bonds. The largest absolute Gasteiger partial charge is 0.241 e. The fourth-order valence-corrected chi connectivity index (χ4v) is 0.571. The van der Waals surface area contributed by atoms with Crippen molar-refractivity contribution in [2.45, 2.75) is 16.7 Å². The Morgan fingerprint density at radius 2 is 1.29 bits per heavy atom. The Morgan fingerprint density at radius 3 is 1.29 bits per heavy atom. The summed E-state index contributed by atoms with van der Waals surface area (Å²) in [4.78, 5) is 0. The average Bonchev–Trinajstić information content (AvgIpc) is 1.91. The van der Waals surface area contributed by atoms with Gasteiger partial charge in [-0.05, 0) is 0 Å². The molecule has 2 atom stereocenters. The first-order chi connectivity index (χ1) is 3.07. The van der Waals surface area contributed by atoms with Gasteiger partial charge in [0.2, 0.25) is 0 Å². The van der Waals surface area contributed by atoms with Crippen molar-refractivity contribution in [3.8, 4) is 0 Å². The smallest absolute Gasteiger partial charge is 0.186 e. The van der Waals surface area contributed by atoms with E-state index >= 15 is 0 Å². The summed E-state index contributed by atoms with van der Waals surface area (Å²) in [5.41, 5.74) is 0. The van der Waals surface area contributed by atoms with Crippen molar-refractivity contribution in [3.05, 3.63) is 0 Å². The summed E-state index contributed by atoms with van der Waals surface area (Å²) >= 11 is 9.92. The fourth-order valence-electron chi connectivity index (χ4n) is 0.255. The summed E-state index contributed by atoms with van der Waals surface area (Å²) < 4.78 is 21.6. The Balaban J connectivity index is 2.52. The Labute approximate surface area is 49.4 Å². The van der Waals surface area contributed by atoms with Crippen LogP contribution in [0.25, 0.3) is 0 Å². The maximum absolute atomic E-state index is 11.6. The van der Waals surface area contributed by atoms with Gasteiger partial charge in [-0.3, -0.25) is 0 Å². The SMILES string of the molecule is F[C@@H]1[C@@H](F)C1(Cl)Cl. The van der Waals surface area contributed by atoms with Gasteiger partial charge in [0.1, 0.15) is 0 Å². The summed E-state index contributed by atoms with van der Waals surface area (Å²) in [6, 6.07) is 0. The number of hydrogen-bond donors (Lipinski definition) is 0. The third kappa shape index (κ3) is 0.609. The molecule has 0 aliphatic heterocycles. The summed E-state index contributed by atoms with van der Waals surface area (Å²) in [6.45, 7) is 0. The van der Waals surface area contributed by atoms with Crippen LogP contribution in [0.5, 0.6) is 0 Å². The van der Waals surface area contributed by atoms with Gasteiger partial charge in [0.25, 0.3) is 0 Å². The van der Waals surface area contributed by atoms with Crippen molar-refractivity contribution >= 4 is 23.2 Å². The first-order valence-electron chi connectivity index (χ1n) is 1.73. The van der Waals surface area contributed by atoms with Gasteiger partial charge in [-0.2, -0.15) is 0 Å². The second kappa shape index (κ2) is 1.23. The lowest BCUT2D eigenvalue weighted by Crippen LogP contribution is -1.88. The van der Waals surface area contributed by atoms with Gasteiger partial charge in [-0.25, -0.2) is 8.78 Å². The van der Waals surface area contributed by atoms with Crippen LogP contribution in [0.4, 0.5) is 8.78 Å². The molecule has 1 aliphatic rings. The highest BCUT2D eigenvalue weighted by atomic mass is 35.5. The molecular formula is C3H2Cl2F2. The molecule has 0 radical (unpaired) electrons. The molecule has 0 saturated heterocycles. The van der Waals surface area contributed by atoms with Crippen molar-refractivity contribution < 1.29 is 8.78 Å². The average molecular weight is 147 g/mol. The van der Waals surface area contributed by atoms with Gasteiger partial charge < -0.3 is 0 Å². The van der Waals surface area contributed by atoms with Gasteiger partial charge >= 0.3 is 0 Å². The minimum Gasteiger partial charge on any atom is -0.241 e. The van der Waals surface area contributed by atoms with Crippen molar-refractivity contribution in [1.82, 2.24) is 0 Å². The molecule has 1 aliphatic carbocycles. The minimum absolute atomic E-state index is 1.67. The van der Waals surface area contributed by atoms with E-state index in [4.69, 9.17) is 23.2 Å². The quantitative estimate of drug-likeness (QED) is 0.458. The van der Waals surface area contributed by atoms with Crippen LogP contribution < -0.4 is 0 Å². The predicted molar refractivity (Wildman–Crippen MR) is 24.2 cm³/mol. The zero-order chi connectivity index (χ0) is 5.65. The maximum Gasteiger partial charge on any atom is 0.186 e. The van der Waals surface area contributed by atoms with Crippen LogP contribution in [0.15, 0.2) is 0 Å². The van der Waals surface area contributed by atoms with E-state index in [1.807, 2.05) is 0 Å². The predicted octanol–water partition coefficient (Wildman–Crippen LogP) is 1.85. The number of alkyl halides is 4.